The summed E-state index contributed by atoms with van der Waals surface area (Å²) < 4.78 is 5.75. The molecule has 132 valence electrons. The van der Waals surface area contributed by atoms with Crippen LogP contribution < -0.4 is 15.4 Å². The predicted octanol–water partition coefficient (Wildman–Crippen LogP) is 3.94. The second-order valence-electron chi connectivity index (χ2n) is 6.04. The molecule has 2 aromatic carbocycles. The number of hydrogen-bond acceptors (Lipinski definition) is 3. The van der Waals surface area contributed by atoms with Crippen molar-refractivity contribution in [3.05, 3.63) is 63.6 Å². The number of rotatable bonds is 6. The van der Waals surface area contributed by atoms with E-state index in [0.29, 0.717) is 28.9 Å². The minimum Gasteiger partial charge on any atom is -0.489 e. The minimum absolute atomic E-state index is 0.0230. The lowest BCUT2D eigenvalue weighted by molar-refractivity contribution is -0.122. The average molecular weight is 379 g/mol. The van der Waals surface area contributed by atoms with E-state index in [1.165, 1.54) is 0 Å². The van der Waals surface area contributed by atoms with Crippen LogP contribution in [0.15, 0.2) is 42.5 Å². The van der Waals surface area contributed by atoms with Gasteiger partial charge in [-0.15, -0.1) is 0 Å². The zero-order valence-electron chi connectivity index (χ0n) is 13.7. The molecule has 0 spiro atoms. The Labute approximate surface area is 157 Å². The van der Waals surface area contributed by atoms with Crippen molar-refractivity contribution in [2.45, 2.75) is 32.0 Å². The summed E-state index contributed by atoms with van der Waals surface area (Å²) in [6, 6.07) is 12.9. The SMILES string of the molecule is O=C(NCc1ccc(OCc2cccc(Cl)c2)cc1Cl)[C@@H]1CCCN1. The van der Waals surface area contributed by atoms with Crippen LogP contribution in [-0.2, 0) is 17.9 Å². The minimum atomic E-state index is -0.0842. The lowest BCUT2D eigenvalue weighted by Gasteiger charge is -2.13. The molecule has 2 aromatic rings. The van der Waals surface area contributed by atoms with Crippen LogP contribution >= 0.6 is 23.2 Å². The van der Waals surface area contributed by atoms with Gasteiger partial charge in [0.2, 0.25) is 5.91 Å². The highest BCUT2D eigenvalue weighted by molar-refractivity contribution is 6.31. The molecule has 0 aromatic heterocycles. The predicted molar refractivity (Wildman–Crippen MR) is 100 cm³/mol. The number of carbonyl (C=O) groups is 1. The monoisotopic (exact) mass is 378 g/mol. The second kappa shape index (κ2) is 8.56. The largest absolute Gasteiger partial charge is 0.489 e. The Morgan fingerprint density at radius 3 is 2.84 bits per heavy atom. The fourth-order valence-corrected chi connectivity index (χ4v) is 3.22. The lowest BCUT2D eigenvalue weighted by atomic mass is 10.2. The zero-order chi connectivity index (χ0) is 17.6. The molecule has 1 amide bonds. The lowest BCUT2D eigenvalue weighted by Crippen LogP contribution is -2.40. The van der Waals surface area contributed by atoms with Gasteiger partial charge >= 0.3 is 0 Å². The molecule has 0 bridgehead atoms. The van der Waals surface area contributed by atoms with Crippen LogP contribution in [0.4, 0.5) is 0 Å². The molecule has 1 fully saturated rings. The number of carbonyl (C=O) groups excluding carboxylic acids is 1. The van der Waals surface area contributed by atoms with Crippen molar-refractivity contribution in [3.8, 4) is 5.75 Å². The molecule has 1 atom stereocenters. The van der Waals surface area contributed by atoms with Crippen LogP contribution in [0.25, 0.3) is 0 Å². The van der Waals surface area contributed by atoms with E-state index in [1.807, 2.05) is 36.4 Å². The molecule has 4 nitrogen and oxygen atoms in total. The van der Waals surface area contributed by atoms with Gasteiger partial charge in [-0.1, -0.05) is 41.4 Å². The maximum atomic E-state index is 12.0. The Morgan fingerprint density at radius 2 is 2.12 bits per heavy atom. The Bertz CT molecular complexity index is 746. The summed E-state index contributed by atoms with van der Waals surface area (Å²) in [4.78, 5) is 12.0. The molecule has 6 heteroatoms. The fourth-order valence-electron chi connectivity index (χ4n) is 2.77. The summed E-state index contributed by atoms with van der Waals surface area (Å²) in [5, 5.41) is 7.36. The third-order valence-corrected chi connectivity index (χ3v) is 4.74. The molecule has 0 radical (unpaired) electrons. The van der Waals surface area contributed by atoms with E-state index in [9.17, 15) is 4.79 Å². The molecule has 1 saturated heterocycles. The van der Waals surface area contributed by atoms with Crippen molar-refractivity contribution in [2.75, 3.05) is 6.54 Å². The quantitative estimate of drug-likeness (QED) is 0.800. The molecule has 3 rings (SSSR count). The standard InChI is InChI=1S/C19H20Cl2N2O2/c20-15-4-1-3-13(9-15)12-25-16-7-6-14(17(21)10-16)11-23-19(24)18-5-2-8-22-18/h1,3-4,6-7,9-10,18,22H,2,5,8,11-12H2,(H,23,24)/t18-/m0/s1. The molecule has 1 aliphatic heterocycles. The zero-order valence-corrected chi connectivity index (χ0v) is 15.2. The van der Waals surface area contributed by atoms with Gasteiger partial charge in [-0.25, -0.2) is 0 Å². The van der Waals surface area contributed by atoms with Gasteiger partial charge in [0.05, 0.1) is 6.04 Å². The van der Waals surface area contributed by atoms with Gasteiger partial charge in [-0.05, 0) is 54.8 Å². The highest BCUT2D eigenvalue weighted by Crippen LogP contribution is 2.24. The van der Waals surface area contributed by atoms with Gasteiger partial charge < -0.3 is 15.4 Å². The molecule has 0 unspecified atom stereocenters. The van der Waals surface area contributed by atoms with Gasteiger partial charge in [-0.3, -0.25) is 4.79 Å². The molecule has 0 saturated carbocycles. The number of nitrogens with one attached hydrogen (secondary N) is 2. The third kappa shape index (κ3) is 5.11. The van der Waals surface area contributed by atoms with Crippen molar-refractivity contribution >= 4 is 29.1 Å². The highest BCUT2D eigenvalue weighted by Gasteiger charge is 2.21. The van der Waals surface area contributed by atoms with Gasteiger partial charge in [0.1, 0.15) is 12.4 Å². The van der Waals surface area contributed by atoms with Crippen molar-refractivity contribution in [1.29, 1.82) is 0 Å². The molecule has 1 aliphatic rings. The Morgan fingerprint density at radius 1 is 1.24 bits per heavy atom. The first kappa shape index (κ1) is 18.1. The molecular weight excluding hydrogens is 359 g/mol. The van der Waals surface area contributed by atoms with Gasteiger partial charge in [-0.2, -0.15) is 0 Å². The van der Waals surface area contributed by atoms with Crippen molar-refractivity contribution in [2.24, 2.45) is 0 Å². The van der Waals surface area contributed by atoms with Crippen LogP contribution in [0.1, 0.15) is 24.0 Å². The van der Waals surface area contributed by atoms with Gasteiger partial charge in [0.25, 0.3) is 0 Å². The van der Waals surface area contributed by atoms with Crippen LogP contribution in [0.5, 0.6) is 5.75 Å². The molecule has 1 heterocycles. The Hall–Kier alpha value is -1.75. The maximum absolute atomic E-state index is 12.0. The van der Waals surface area contributed by atoms with E-state index >= 15 is 0 Å². The summed E-state index contributed by atoms with van der Waals surface area (Å²) >= 11 is 12.3. The van der Waals surface area contributed by atoms with E-state index in [2.05, 4.69) is 10.6 Å². The number of amides is 1. The highest BCUT2D eigenvalue weighted by atomic mass is 35.5. The van der Waals surface area contributed by atoms with Crippen molar-refractivity contribution in [3.63, 3.8) is 0 Å². The third-order valence-electron chi connectivity index (χ3n) is 4.15. The van der Waals surface area contributed by atoms with E-state index in [0.717, 1.165) is 30.5 Å². The summed E-state index contributed by atoms with van der Waals surface area (Å²) in [7, 11) is 0. The molecule has 25 heavy (non-hydrogen) atoms. The number of ether oxygens (including phenoxy) is 1. The summed E-state index contributed by atoms with van der Waals surface area (Å²) in [6.07, 6.45) is 1.92. The topological polar surface area (TPSA) is 50.4 Å². The fraction of sp³-hybridized carbons (Fsp3) is 0.316. The first-order valence-electron chi connectivity index (χ1n) is 8.28. The molecule has 0 aliphatic carbocycles. The first-order valence-corrected chi connectivity index (χ1v) is 9.04. The van der Waals surface area contributed by atoms with E-state index in [-0.39, 0.29) is 11.9 Å². The van der Waals surface area contributed by atoms with Crippen molar-refractivity contribution < 1.29 is 9.53 Å². The normalized spacial score (nSPS) is 16.6. The van der Waals surface area contributed by atoms with E-state index < -0.39 is 0 Å². The average Bonchev–Trinajstić information content (AvgIpc) is 3.14. The number of halogens is 2. The Balaban J connectivity index is 1.54. The summed E-state index contributed by atoms with van der Waals surface area (Å²) in [5.41, 5.74) is 1.85. The van der Waals surface area contributed by atoms with Crippen LogP contribution in [-0.4, -0.2) is 18.5 Å². The number of hydrogen-bond donors (Lipinski definition) is 2. The molecule has 2 N–H and O–H groups in total. The van der Waals surface area contributed by atoms with Crippen LogP contribution in [0.3, 0.4) is 0 Å². The first-order chi connectivity index (χ1) is 12.1. The summed E-state index contributed by atoms with van der Waals surface area (Å²) in [6.45, 7) is 1.72. The summed E-state index contributed by atoms with van der Waals surface area (Å²) in [5.74, 6) is 0.701. The smallest absolute Gasteiger partial charge is 0.237 e. The van der Waals surface area contributed by atoms with Gasteiger partial charge in [0, 0.05) is 16.6 Å². The second-order valence-corrected chi connectivity index (χ2v) is 6.88. The number of benzene rings is 2. The van der Waals surface area contributed by atoms with Crippen LogP contribution in [0, 0.1) is 0 Å². The van der Waals surface area contributed by atoms with E-state index in [4.69, 9.17) is 27.9 Å². The maximum Gasteiger partial charge on any atom is 0.237 e. The van der Waals surface area contributed by atoms with Gasteiger partial charge in [0.15, 0.2) is 0 Å². The van der Waals surface area contributed by atoms with Crippen molar-refractivity contribution in [1.82, 2.24) is 10.6 Å². The van der Waals surface area contributed by atoms with E-state index in [1.54, 1.807) is 6.07 Å². The van der Waals surface area contributed by atoms with Crippen LogP contribution in [0.2, 0.25) is 10.0 Å². The molecular formula is C19H20Cl2N2O2. The Kier molecular flexibility index (Phi) is 6.19.